The lowest BCUT2D eigenvalue weighted by Gasteiger charge is -2.29. The molecule has 1 atom stereocenters. The standard InChI is InChI=1S/C32H25N5O4/c1-38-24-14-12-20(16-26(24)39-2)17-34-40-18-27-35-31-30-28(22-9-4-3-5-10-22)29-23-11-7-6-8-21(23)13-15-25(29)41-32(30)33-19-37(31)36-27/h3-17,19,28H,18H2,1-2H3/b34-17-/t28-/m0/s1. The van der Waals surface area contributed by atoms with E-state index in [1.807, 2.05) is 54.6 Å². The average molecular weight is 544 g/mol. The van der Waals surface area contributed by atoms with Crippen molar-refractivity contribution in [3.63, 3.8) is 0 Å². The van der Waals surface area contributed by atoms with E-state index in [9.17, 15) is 0 Å². The van der Waals surface area contributed by atoms with Crippen LogP contribution in [0.3, 0.4) is 0 Å². The predicted octanol–water partition coefficient (Wildman–Crippen LogP) is 6.13. The van der Waals surface area contributed by atoms with Crippen molar-refractivity contribution >= 4 is 22.6 Å². The topological polar surface area (TPSA) is 92.4 Å². The summed E-state index contributed by atoms with van der Waals surface area (Å²) in [6, 6.07) is 28.3. The SMILES string of the molecule is COc1ccc(/C=N\OCc2nc3c4c(ncn3n2)Oc2ccc3ccccc3c2[C@@H]4c2ccccc2)cc1OC. The van der Waals surface area contributed by atoms with Crippen molar-refractivity contribution in [3.05, 3.63) is 119 Å². The van der Waals surface area contributed by atoms with Crippen molar-refractivity contribution in [2.75, 3.05) is 14.2 Å². The minimum absolute atomic E-state index is 0.0800. The number of hydrogen-bond donors (Lipinski definition) is 0. The van der Waals surface area contributed by atoms with Gasteiger partial charge >= 0.3 is 0 Å². The van der Waals surface area contributed by atoms with Crippen LogP contribution >= 0.6 is 0 Å². The van der Waals surface area contributed by atoms with Gasteiger partial charge in [0.25, 0.3) is 0 Å². The molecule has 1 aliphatic rings. The van der Waals surface area contributed by atoms with E-state index in [-0.39, 0.29) is 12.5 Å². The Morgan fingerprint density at radius 1 is 0.902 bits per heavy atom. The van der Waals surface area contributed by atoms with Crippen LogP contribution in [0.4, 0.5) is 0 Å². The van der Waals surface area contributed by atoms with Gasteiger partial charge in [0, 0.05) is 17.0 Å². The van der Waals surface area contributed by atoms with E-state index in [1.54, 1.807) is 31.3 Å². The summed E-state index contributed by atoms with van der Waals surface area (Å²) >= 11 is 0. The molecule has 6 aromatic rings. The maximum Gasteiger partial charge on any atom is 0.228 e. The van der Waals surface area contributed by atoms with Crippen molar-refractivity contribution in [1.29, 1.82) is 0 Å². The molecule has 0 radical (unpaired) electrons. The van der Waals surface area contributed by atoms with Gasteiger partial charge in [0.15, 0.2) is 29.6 Å². The molecule has 202 valence electrons. The maximum absolute atomic E-state index is 6.37. The second-order valence-corrected chi connectivity index (χ2v) is 9.53. The van der Waals surface area contributed by atoms with Gasteiger partial charge in [-0.05, 0) is 40.6 Å². The zero-order valence-corrected chi connectivity index (χ0v) is 22.4. The molecule has 0 spiro atoms. The highest BCUT2D eigenvalue weighted by atomic mass is 16.6. The molecule has 0 bridgehead atoms. The Morgan fingerprint density at radius 3 is 2.59 bits per heavy atom. The van der Waals surface area contributed by atoms with Crippen molar-refractivity contribution in [2.45, 2.75) is 12.5 Å². The molecule has 4 aromatic carbocycles. The molecule has 0 saturated carbocycles. The molecular weight excluding hydrogens is 518 g/mol. The van der Waals surface area contributed by atoms with Crippen LogP contribution < -0.4 is 14.2 Å². The first-order chi connectivity index (χ1) is 20.2. The Morgan fingerprint density at radius 2 is 1.73 bits per heavy atom. The number of benzene rings is 4. The monoisotopic (exact) mass is 543 g/mol. The first-order valence-corrected chi connectivity index (χ1v) is 13.1. The Bertz CT molecular complexity index is 1920. The predicted molar refractivity (Wildman–Crippen MR) is 154 cm³/mol. The smallest absolute Gasteiger partial charge is 0.228 e. The van der Waals surface area contributed by atoms with Crippen LogP contribution in [0.15, 0.2) is 96.4 Å². The lowest BCUT2D eigenvalue weighted by atomic mass is 9.81. The van der Waals surface area contributed by atoms with Crippen LogP contribution in [0.2, 0.25) is 0 Å². The molecule has 2 aromatic heterocycles. The summed E-state index contributed by atoms with van der Waals surface area (Å²) in [5.41, 5.74) is 4.51. The van der Waals surface area contributed by atoms with Crippen LogP contribution in [0.25, 0.3) is 16.4 Å². The van der Waals surface area contributed by atoms with Crippen LogP contribution in [0.5, 0.6) is 23.1 Å². The Balaban J connectivity index is 1.25. The van der Waals surface area contributed by atoms with Crippen LogP contribution in [0.1, 0.15) is 34.0 Å². The first-order valence-electron chi connectivity index (χ1n) is 13.1. The average Bonchev–Trinajstić information content (AvgIpc) is 3.45. The molecule has 1 aliphatic heterocycles. The number of aromatic nitrogens is 4. The fourth-order valence-corrected chi connectivity index (χ4v) is 5.31. The van der Waals surface area contributed by atoms with Gasteiger partial charge in [-0.25, -0.2) is 14.5 Å². The molecule has 0 unspecified atom stereocenters. The molecule has 0 N–H and O–H groups in total. The normalized spacial score (nSPS) is 14.0. The fourth-order valence-electron chi connectivity index (χ4n) is 5.31. The summed E-state index contributed by atoms with van der Waals surface area (Å²) in [5.74, 6) is 2.87. The van der Waals surface area contributed by atoms with E-state index in [0.717, 1.165) is 38.8 Å². The van der Waals surface area contributed by atoms with Gasteiger partial charge in [0.2, 0.25) is 5.88 Å². The molecular formula is C32H25N5O4. The lowest BCUT2D eigenvalue weighted by Crippen LogP contribution is -2.15. The molecule has 41 heavy (non-hydrogen) atoms. The van der Waals surface area contributed by atoms with Gasteiger partial charge in [0.05, 0.1) is 26.0 Å². The maximum atomic E-state index is 6.37. The lowest BCUT2D eigenvalue weighted by molar-refractivity contribution is 0.126. The van der Waals surface area contributed by atoms with E-state index in [2.05, 4.69) is 45.6 Å². The summed E-state index contributed by atoms with van der Waals surface area (Å²) < 4.78 is 18.7. The van der Waals surface area contributed by atoms with Crippen LogP contribution in [-0.2, 0) is 11.4 Å². The Kier molecular flexibility index (Phi) is 6.16. The summed E-state index contributed by atoms with van der Waals surface area (Å²) in [6.45, 7) is 0.0800. The highest BCUT2D eigenvalue weighted by molar-refractivity contribution is 5.90. The molecule has 0 aliphatic carbocycles. The van der Waals surface area contributed by atoms with Crippen LogP contribution in [-0.4, -0.2) is 40.0 Å². The van der Waals surface area contributed by atoms with Gasteiger partial charge < -0.3 is 19.0 Å². The first kappa shape index (κ1) is 24.6. The van der Waals surface area contributed by atoms with Crippen molar-refractivity contribution < 1.29 is 19.0 Å². The summed E-state index contributed by atoms with van der Waals surface area (Å²) in [6.07, 6.45) is 3.22. The largest absolute Gasteiger partial charge is 0.493 e. The van der Waals surface area contributed by atoms with E-state index in [4.69, 9.17) is 24.0 Å². The molecule has 0 saturated heterocycles. The van der Waals surface area contributed by atoms with Crippen molar-refractivity contribution in [1.82, 2.24) is 19.6 Å². The number of fused-ring (bicyclic) bond motifs is 6. The number of hydrogen-bond acceptors (Lipinski definition) is 8. The highest BCUT2D eigenvalue weighted by Gasteiger charge is 2.34. The van der Waals surface area contributed by atoms with Gasteiger partial charge in [-0.15, -0.1) is 5.10 Å². The summed E-state index contributed by atoms with van der Waals surface area (Å²) in [4.78, 5) is 15.0. The third-order valence-electron chi connectivity index (χ3n) is 7.16. The second-order valence-electron chi connectivity index (χ2n) is 9.53. The minimum atomic E-state index is -0.154. The van der Waals surface area contributed by atoms with Crippen LogP contribution in [0, 0.1) is 0 Å². The molecule has 0 amide bonds. The molecule has 7 rings (SSSR count). The summed E-state index contributed by atoms with van der Waals surface area (Å²) in [7, 11) is 3.19. The molecule has 3 heterocycles. The highest BCUT2D eigenvalue weighted by Crippen LogP contribution is 2.50. The number of oxime groups is 1. The fraction of sp³-hybridized carbons (Fsp3) is 0.125. The van der Waals surface area contributed by atoms with Crippen molar-refractivity contribution in [3.8, 4) is 23.1 Å². The van der Waals surface area contributed by atoms with Gasteiger partial charge in [-0.2, -0.15) is 0 Å². The Hall–Kier alpha value is -5.44. The summed E-state index contributed by atoms with van der Waals surface area (Å²) in [5, 5.41) is 11.0. The zero-order valence-electron chi connectivity index (χ0n) is 22.4. The second kappa shape index (κ2) is 10.3. The molecule has 9 heteroatoms. The third-order valence-corrected chi connectivity index (χ3v) is 7.16. The van der Waals surface area contributed by atoms with Gasteiger partial charge in [-0.3, -0.25) is 0 Å². The Labute approximate surface area is 235 Å². The number of nitrogens with zero attached hydrogens (tertiary/aromatic N) is 5. The number of rotatable bonds is 7. The van der Waals surface area contributed by atoms with E-state index >= 15 is 0 Å². The zero-order chi connectivity index (χ0) is 27.8. The minimum Gasteiger partial charge on any atom is -0.493 e. The third kappa shape index (κ3) is 4.37. The molecule has 0 fully saturated rings. The quantitative estimate of drug-likeness (QED) is 0.176. The van der Waals surface area contributed by atoms with Gasteiger partial charge in [0.1, 0.15) is 12.1 Å². The van der Waals surface area contributed by atoms with Crippen molar-refractivity contribution in [2.24, 2.45) is 5.16 Å². The number of ether oxygens (including phenoxy) is 3. The van der Waals surface area contributed by atoms with E-state index in [1.165, 1.54) is 0 Å². The van der Waals surface area contributed by atoms with E-state index < -0.39 is 0 Å². The molecule has 9 nitrogen and oxygen atoms in total. The van der Waals surface area contributed by atoms with E-state index in [0.29, 0.717) is 28.9 Å². The van der Waals surface area contributed by atoms with Gasteiger partial charge in [-0.1, -0.05) is 65.8 Å². The number of methoxy groups -OCH3 is 2.